The van der Waals surface area contributed by atoms with Crippen molar-refractivity contribution in [2.45, 2.75) is 33.7 Å². The second kappa shape index (κ2) is 7.01. The van der Waals surface area contributed by atoms with Gasteiger partial charge in [-0.25, -0.2) is 4.98 Å². The number of aryl methyl sites for hydroxylation is 2. The van der Waals surface area contributed by atoms with Crippen LogP contribution in [0.15, 0.2) is 30.5 Å². The van der Waals surface area contributed by atoms with Gasteiger partial charge in [0.2, 0.25) is 0 Å². The first-order valence-electron chi connectivity index (χ1n) is 6.97. The van der Waals surface area contributed by atoms with Gasteiger partial charge in [-0.2, -0.15) is 4.98 Å². The summed E-state index contributed by atoms with van der Waals surface area (Å²) in [6, 6.07) is 8.25. The SMILES string of the molecule is CCCNCc1cnc(Oc2ccc(C)cc2)nc1C. The molecule has 4 nitrogen and oxygen atoms in total. The van der Waals surface area contributed by atoms with E-state index < -0.39 is 0 Å². The summed E-state index contributed by atoms with van der Waals surface area (Å²) in [4.78, 5) is 8.66. The van der Waals surface area contributed by atoms with Gasteiger partial charge in [-0.1, -0.05) is 24.6 Å². The van der Waals surface area contributed by atoms with Crippen molar-refractivity contribution >= 4 is 0 Å². The molecule has 106 valence electrons. The Hall–Kier alpha value is -1.94. The van der Waals surface area contributed by atoms with Gasteiger partial charge in [0.05, 0.1) is 0 Å². The summed E-state index contributed by atoms with van der Waals surface area (Å²) in [6.07, 6.45) is 2.95. The molecule has 0 spiro atoms. The molecule has 0 atom stereocenters. The molecule has 1 N–H and O–H groups in total. The fourth-order valence-corrected chi connectivity index (χ4v) is 1.80. The van der Waals surface area contributed by atoms with Crippen LogP contribution in [0.1, 0.15) is 30.2 Å². The molecule has 0 aliphatic heterocycles. The van der Waals surface area contributed by atoms with E-state index in [0.29, 0.717) is 6.01 Å². The van der Waals surface area contributed by atoms with Gasteiger partial charge >= 0.3 is 6.01 Å². The van der Waals surface area contributed by atoms with Gasteiger partial charge in [0.15, 0.2) is 0 Å². The van der Waals surface area contributed by atoms with E-state index in [4.69, 9.17) is 4.74 Å². The number of rotatable bonds is 6. The Labute approximate surface area is 120 Å². The molecular formula is C16H21N3O. The van der Waals surface area contributed by atoms with Crippen LogP contribution in [-0.2, 0) is 6.54 Å². The van der Waals surface area contributed by atoms with E-state index in [1.807, 2.05) is 44.3 Å². The van der Waals surface area contributed by atoms with E-state index in [9.17, 15) is 0 Å². The van der Waals surface area contributed by atoms with E-state index in [-0.39, 0.29) is 0 Å². The van der Waals surface area contributed by atoms with E-state index in [1.165, 1.54) is 5.56 Å². The number of ether oxygens (including phenoxy) is 1. The Kier molecular flexibility index (Phi) is 5.07. The number of benzene rings is 1. The summed E-state index contributed by atoms with van der Waals surface area (Å²) < 4.78 is 5.65. The Morgan fingerprint density at radius 3 is 2.55 bits per heavy atom. The highest BCUT2D eigenvalue weighted by Crippen LogP contribution is 2.18. The van der Waals surface area contributed by atoms with E-state index in [2.05, 4.69) is 22.2 Å². The van der Waals surface area contributed by atoms with Gasteiger partial charge < -0.3 is 10.1 Å². The third-order valence-electron chi connectivity index (χ3n) is 3.03. The molecule has 1 aromatic carbocycles. The molecule has 1 aromatic heterocycles. The van der Waals surface area contributed by atoms with Crippen LogP contribution in [0.25, 0.3) is 0 Å². The monoisotopic (exact) mass is 271 g/mol. The summed E-state index contributed by atoms with van der Waals surface area (Å²) >= 11 is 0. The second-order valence-electron chi connectivity index (χ2n) is 4.86. The molecule has 0 saturated heterocycles. The quantitative estimate of drug-likeness (QED) is 0.818. The van der Waals surface area contributed by atoms with E-state index >= 15 is 0 Å². The Morgan fingerprint density at radius 2 is 1.90 bits per heavy atom. The highest BCUT2D eigenvalue weighted by molar-refractivity contribution is 5.29. The maximum Gasteiger partial charge on any atom is 0.322 e. The average Bonchev–Trinajstić information content (AvgIpc) is 2.44. The fourth-order valence-electron chi connectivity index (χ4n) is 1.80. The zero-order valence-corrected chi connectivity index (χ0v) is 12.3. The predicted molar refractivity (Wildman–Crippen MR) is 80.0 cm³/mol. The van der Waals surface area contributed by atoms with Gasteiger partial charge in [0.1, 0.15) is 5.75 Å². The highest BCUT2D eigenvalue weighted by atomic mass is 16.5. The van der Waals surface area contributed by atoms with Crippen LogP contribution in [0.5, 0.6) is 11.8 Å². The molecule has 0 bridgehead atoms. The number of nitrogens with zero attached hydrogens (tertiary/aromatic N) is 2. The summed E-state index contributed by atoms with van der Waals surface area (Å²) in [7, 11) is 0. The van der Waals surface area contributed by atoms with E-state index in [0.717, 1.165) is 36.5 Å². The Bertz CT molecular complexity index is 552. The van der Waals surface area contributed by atoms with Gasteiger partial charge in [0, 0.05) is 24.0 Å². The predicted octanol–water partition coefficient (Wildman–Crippen LogP) is 3.39. The molecular weight excluding hydrogens is 250 g/mol. The van der Waals surface area contributed by atoms with Crippen LogP contribution in [-0.4, -0.2) is 16.5 Å². The average molecular weight is 271 g/mol. The molecule has 0 aliphatic rings. The standard InChI is InChI=1S/C16H21N3O/c1-4-9-17-10-14-11-18-16(19-13(14)3)20-15-7-5-12(2)6-8-15/h5-8,11,17H,4,9-10H2,1-3H3. The van der Waals surface area contributed by atoms with Crippen LogP contribution in [0.2, 0.25) is 0 Å². The molecule has 0 amide bonds. The molecule has 20 heavy (non-hydrogen) atoms. The minimum absolute atomic E-state index is 0.394. The molecule has 0 unspecified atom stereocenters. The smallest absolute Gasteiger partial charge is 0.322 e. The lowest BCUT2D eigenvalue weighted by Gasteiger charge is -2.08. The van der Waals surface area contributed by atoms with Crippen molar-refractivity contribution in [2.24, 2.45) is 0 Å². The van der Waals surface area contributed by atoms with Crippen molar-refractivity contribution in [3.63, 3.8) is 0 Å². The number of nitrogens with one attached hydrogen (secondary N) is 1. The minimum atomic E-state index is 0.394. The first-order chi connectivity index (χ1) is 9.69. The van der Waals surface area contributed by atoms with Gasteiger partial charge in [0.25, 0.3) is 0 Å². The number of aromatic nitrogens is 2. The zero-order chi connectivity index (χ0) is 14.4. The summed E-state index contributed by atoms with van der Waals surface area (Å²) in [6.45, 7) is 7.97. The Morgan fingerprint density at radius 1 is 1.15 bits per heavy atom. The van der Waals surface area contributed by atoms with Crippen LogP contribution >= 0.6 is 0 Å². The Balaban J connectivity index is 2.03. The molecule has 1 heterocycles. The summed E-state index contributed by atoms with van der Waals surface area (Å²) in [5.41, 5.74) is 3.26. The van der Waals surface area contributed by atoms with Crippen molar-refractivity contribution in [1.82, 2.24) is 15.3 Å². The van der Waals surface area contributed by atoms with Crippen LogP contribution in [0.4, 0.5) is 0 Å². The molecule has 2 aromatic rings. The maximum absolute atomic E-state index is 5.65. The normalized spacial score (nSPS) is 10.6. The van der Waals surface area contributed by atoms with Crippen molar-refractivity contribution in [3.8, 4) is 11.8 Å². The van der Waals surface area contributed by atoms with Crippen LogP contribution in [0.3, 0.4) is 0 Å². The molecule has 0 radical (unpaired) electrons. The van der Waals surface area contributed by atoms with Gasteiger partial charge in [-0.3, -0.25) is 0 Å². The summed E-state index contributed by atoms with van der Waals surface area (Å²) in [5, 5.41) is 3.35. The lowest BCUT2D eigenvalue weighted by atomic mass is 10.2. The third kappa shape index (κ3) is 4.03. The summed E-state index contributed by atoms with van der Waals surface area (Å²) in [5.74, 6) is 0.756. The number of hydrogen-bond donors (Lipinski definition) is 1. The van der Waals surface area contributed by atoms with Crippen molar-refractivity contribution < 1.29 is 4.74 Å². The molecule has 0 fully saturated rings. The zero-order valence-electron chi connectivity index (χ0n) is 12.3. The second-order valence-corrected chi connectivity index (χ2v) is 4.86. The van der Waals surface area contributed by atoms with Gasteiger partial charge in [-0.05, 0) is 38.9 Å². The van der Waals surface area contributed by atoms with Crippen LogP contribution < -0.4 is 10.1 Å². The van der Waals surface area contributed by atoms with Crippen molar-refractivity contribution in [3.05, 3.63) is 47.3 Å². The minimum Gasteiger partial charge on any atom is -0.424 e. The molecule has 4 heteroatoms. The van der Waals surface area contributed by atoms with Crippen molar-refractivity contribution in [1.29, 1.82) is 0 Å². The molecule has 2 rings (SSSR count). The molecule has 0 aliphatic carbocycles. The van der Waals surface area contributed by atoms with E-state index in [1.54, 1.807) is 0 Å². The van der Waals surface area contributed by atoms with Crippen molar-refractivity contribution in [2.75, 3.05) is 6.54 Å². The first-order valence-corrected chi connectivity index (χ1v) is 6.97. The van der Waals surface area contributed by atoms with Gasteiger partial charge in [-0.15, -0.1) is 0 Å². The maximum atomic E-state index is 5.65. The first kappa shape index (κ1) is 14.5. The van der Waals surface area contributed by atoms with Crippen LogP contribution in [0, 0.1) is 13.8 Å². The fraction of sp³-hybridized carbons (Fsp3) is 0.375. The lowest BCUT2D eigenvalue weighted by molar-refractivity contribution is 0.439. The lowest BCUT2D eigenvalue weighted by Crippen LogP contribution is -2.15. The topological polar surface area (TPSA) is 47.0 Å². The number of hydrogen-bond acceptors (Lipinski definition) is 4. The largest absolute Gasteiger partial charge is 0.424 e. The highest BCUT2D eigenvalue weighted by Gasteiger charge is 2.05. The molecule has 0 saturated carbocycles. The third-order valence-corrected chi connectivity index (χ3v) is 3.03.